The van der Waals surface area contributed by atoms with Crippen molar-refractivity contribution in [3.05, 3.63) is 34.3 Å². The zero-order valence-corrected chi connectivity index (χ0v) is 13.3. The molecule has 1 nitrogen and oxygen atoms in total. The van der Waals surface area contributed by atoms with Crippen molar-refractivity contribution in [2.24, 2.45) is 11.8 Å². The van der Waals surface area contributed by atoms with Crippen LogP contribution < -0.4 is 5.32 Å². The molecule has 19 heavy (non-hydrogen) atoms. The summed E-state index contributed by atoms with van der Waals surface area (Å²) in [6.07, 6.45) is 8.67. The lowest BCUT2D eigenvalue weighted by Crippen LogP contribution is -2.36. The van der Waals surface area contributed by atoms with Crippen LogP contribution in [0.1, 0.15) is 57.1 Å². The molecule has 3 rings (SSSR count). The zero-order chi connectivity index (χ0) is 13.2. The van der Waals surface area contributed by atoms with Crippen molar-refractivity contribution < 1.29 is 0 Å². The number of nitrogens with one attached hydrogen (secondary N) is 1. The van der Waals surface area contributed by atoms with Gasteiger partial charge in [-0.2, -0.15) is 0 Å². The number of rotatable bonds is 4. The Kier molecular flexibility index (Phi) is 4.28. The van der Waals surface area contributed by atoms with Gasteiger partial charge in [-0.3, -0.25) is 0 Å². The predicted octanol–water partition coefficient (Wildman–Crippen LogP) is 5.07. The fourth-order valence-corrected chi connectivity index (χ4v) is 4.02. The van der Waals surface area contributed by atoms with Crippen LogP contribution in [0.3, 0.4) is 0 Å². The topological polar surface area (TPSA) is 12.0 Å². The van der Waals surface area contributed by atoms with E-state index < -0.39 is 0 Å². The standard InChI is InChI=1S/C17H24BrN/c1-12(14-4-2-6-16(18)10-14)19-17-7-3-5-15(11-17)13-8-9-13/h2,4,6,10,12-13,15,17,19H,3,5,7-9,11H2,1H3/t12-,15?,17?/m1/s1. The van der Waals surface area contributed by atoms with E-state index in [9.17, 15) is 0 Å². The van der Waals surface area contributed by atoms with Crippen LogP contribution in [-0.2, 0) is 0 Å². The van der Waals surface area contributed by atoms with Gasteiger partial charge in [0.15, 0.2) is 0 Å². The lowest BCUT2D eigenvalue weighted by Gasteiger charge is -2.32. The second-order valence-corrected chi connectivity index (χ2v) is 7.32. The fraction of sp³-hybridized carbons (Fsp3) is 0.647. The Balaban J connectivity index is 1.57. The smallest absolute Gasteiger partial charge is 0.0294 e. The van der Waals surface area contributed by atoms with Gasteiger partial charge in [0, 0.05) is 16.6 Å². The molecule has 3 atom stereocenters. The van der Waals surface area contributed by atoms with Crippen molar-refractivity contribution in [2.45, 2.75) is 57.5 Å². The summed E-state index contributed by atoms with van der Waals surface area (Å²) in [5.41, 5.74) is 1.39. The van der Waals surface area contributed by atoms with Crippen LogP contribution >= 0.6 is 15.9 Å². The molecule has 2 heteroatoms. The van der Waals surface area contributed by atoms with Crippen LogP contribution in [0.5, 0.6) is 0 Å². The first-order valence-corrected chi connectivity index (χ1v) is 8.53. The summed E-state index contributed by atoms with van der Waals surface area (Å²) >= 11 is 3.56. The van der Waals surface area contributed by atoms with Gasteiger partial charge in [0.2, 0.25) is 0 Å². The zero-order valence-electron chi connectivity index (χ0n) is 11.7. The quantitative estimate of drug-likeness (QED) is 0.816. The Hall–Kier alpha value is -0.340. The molecule has 0 aliphatic heterocycles. The molecule has 0 heterocycles. The summed E-state index contributed by atoms with van der Waals surface area (Å²) in [4.78, 5) is 0. The molecule has 1 aromatic rings. The van der Waals surface area contributed by atoms with Gasteiger partial charge in [0.05, 0.1) is 0 Å². The van der Waals surface area contributed by atoms with Gasteiger partial charge in [-0.05, 0) is 62.1 Å². The molecule has 1 aromatic carbocycles. The maximum atomic E-state index is 3.85. The molecule has 2 aliphatic rings. The minimum Gasteiger partial charge on any atom is -0.307 e. The van der Waals surface area contributed by atoms with E-state index >= 15 is 0 Å². The van der Waals surface area contributed by atoms with E-state index in [0.717, 1.165) is 17.9 Å². The number of halogens is 1. The largest absolute Gasteiger partial charge is 0.307 e. The maximum absolute atomic E-state index is 3.85. The minimum absolute atomic E-state index is 0.459. The molecule has 1 N–H and O–H groups in total. The van der Waals surface area contributed by atoms with E-state index in [-0.39, 0.29) is 0 Å². The van der Waals surface area contributed by atoms with Gasteiger partial charge in [-0.25, -0.2) is 0 Å². The Labute approximate surface area is 125 Å². The highest BCUT2D eigenvalue weighted by molar-refractivity contribution is 9.10. The molecule has 2 unspecified atom stereocenters. The van der Waals surface area contributed by atoms with Crippen molar-refractivity contribution in [2.75, 3.05) is 0 Å². The minimum atomic E-state index is 0.459. The Morgan fingerprint density at radius 2 is 2.00 bits per heavy atom. The van der Waals surface area contributed by atoms with Crippen LogP contribution in [0.25, 0.3) is 0 Å². The number of hydrogen-bond donors (Lipinski definition) is 1. The molecule has 2 aliphatic carbocycles. The SMILES string of the molecule is C[C@@H](NC1CCCC(C2CC2)C1)c1cccc(Br)c1. The van der Waals surface area contributed by atoms with E-state index in [2.05, 4.69) is 52.4 Å². The van der Waals surface area contributed by atoms with E-state index in [0.29, 0.717) is 6.04 Å². The number of hydrogen-bond acceptors (Lipinski definition) is 1. The van der Waals surface area contributed by atoms with E-state index in [1.807, 2.05) is 0 Å². The number of benzene rings is 1. The second-order valence-electron chi connectivity index (χ2n) is 6.40. The molecule has 0 radical (unpaired) electrons. The van der Waals surface area contributed by atoms with Crippen molar-refractivity contribution in [1.82, 2.24) is 5.32 Å². The fourth-order valence-electron chi connectivity index (χ4n) is 3.60. The van der Waals surface area contributed by atoms with E-state index in [4.69, 9.17) is 0 Å². The predicted molar refractivity (Wildman–Crippen MR) is 84.2 cm³/mol. The van der Waals surface area contributed by atoms with Crippen molar-refractivity contribution in [3.8, 4) is 0 Å². The summed E-state index contributed by atoms with van der Waals surface area (Å²) in [6.45, 7) is 2.29. The molecule has 0 aromatic heterocycles. The molecule has 2 fully saturated rings. The normalized spacial score (nSPS) is 29.2. The molecule has 104 valence electrons. The van der Waals surface area contributed by atoms with Crippen LogP contribution in [0.2, 0.25) is 0 Å². The van der Waals surface area contributed by atoms with Gasteiger partial charge < -0.3 is 5.32 Å². The third kappa shape index (κ3) is 3.61. The van der Waals surface area contributed by atoms with Gasteiger partial charge in [-0.15, -0.1) is 0 Å². The lowest BCUT2D eigenvalue weighted by molar-refractivity contribution is 0.249. The third-order valence-corrected chi connectivity index (χ3v) is 5.33. The van der Waals surface area contributed by atoms with Crippen LogP contribution in [0, 0.1) is 11.8 Å². The van der Waals surface area contributed by atoms with Crippen molar-refractivity contribution in [3.63, 3.8) is 0 Å². The van der Waals surface area contributed by atoms with Gasteiger partial charge in [0.25, 0.3) is 0 Å². The summed E-state index contributed by atoms with van der Waals surface area (Å²) in [5, 5.41) is 3.85. The molecule has 0 saturated heterocycles. The highest BCUT2D eigenvalue weighted by Gasteiger charge is 2.34. The monoisotopic (exact) mass is 321 g/mol. The summed E-state index contributed by atoms with van der Waals surface area (Å²) in [7, 11) is 0. The first kappa shape index (κ1) is 13.6. The van der Waals surface area contributed by atoms with Crippen molar-refractivity contribution in [1.29, 1.82) is 0 Å². The highest BCUT2D eigenvalue weighted by Crippen LogP contribution is 2.44. The van der Waals surface area contributed by atoms with Crippen LogP contribution in [-0.4, -0.2) is 6.04 Å². The Bertz CT molecular complexity index is 427. The summed E-state index contributed by atoms with van der Waals surface area (Å²) < 4.78 is 1.18. The average molecular weight is 322 g/mol. The molecular formula is C17H24BrN. The molecule has 0 bridgehead atoms. The van der Waals surface area contributed by atoms with E-state index in [1.54, 1.807) is 0 Å². The van der Waals surface area contributed by atoms with Gasteiger partial charge in [-0.1, -0.05) is 40.9 Å². The first-order valence-electron chi connectivity index (χ1n) is 7.74. The van der Waals surface area contributed by atoms with Crippen LogP contribution in [0.4, 0.5) is 0 Å². The average Bonchev–Trinajstić information content (AvgIpc) is 3.23. The van der Waals surface area contributed by atoms with Gasteiger partial charge >= 0.3 is 0 Å². The highest BCUT2D eigenvalue weighted by atomic mass is 79.9. The molecule has 0 amide bonds. The lowest BCUT2D eigenvalue weighted by atomic mass is 9.82. The molecule has 0 spiro atoms. The Morgan fingerprint density at radius 1 is 1.16 bits per heavy atom. The maximum Gasteiger partial charge on any atom is 0.0294 e. The summed E-state index contributed by atoms with van der Waals surface area (Å²) in [5.74, 6) is 2.09. The second kappa shape index (κ2) is 5.97. The molecule has 2 saturated carbocycles. The van der Waals surface area contributed by atoms with E-state index in [1.165, 1.54) is 48.6 Å². The third-order valence-electron chi connectivity index (χ3n) is 4.84. The first-order chi connectivity index (χ1) is 9.22. The van der Waals surface area contributed by atoms with Crippen molar-refractivity contribution >= 4 is 15.9 Å². The summed E-state index contributed by atoms with van der Waals surface area (Å²) in [6, 6.07) is 9.88. The Morgan fingerprint density at radius 3 is 2.74 bits per heavy atom. The molecular weight excluding hydrogens is 298 g/mol. The van der Waals surface area contributed by atoms with Gasteiger partial charge in [0.1, 0.15) is 0 Å². The van der Waals surface area contributed by atoms with Crippen LogP contribution in [0.15, 0.2) is 28.7 Å².